The zero-order valence-electron chi connectivity index (χ0n) is 12.4. The molecule has 0 aromatic heterocycles. The highest BCUT2D eigenvalue weighted by Gasteiger charge is 2.12. The number of carbonyl (C=O) groups is 2. The average molecular weight is 295 g/mol. The number of ether oxygens (including phenoxy) is 3. The molecule has 0 aliphatic heterocycles. The Hall–Kier alpha value is -2.24. The van der Waals surface area contributed by atoms with Crippen molar-refractivity contribution in [3.63, 3.8) is 0 Å². The van der Waals surface area contributed by atoms with Crippen LogP contribution in [0.15, 0.2) is 18.2 Å². The molecule has 21 heavy (non-hydrogen) atoms. The minimum atomic E-state index is -0.464. The quantitative estimate of drug-likeness (QED) is 0.449. The van der Waals surface area contributed by atoms with Crippen LogP contribution < -0.4 is 10.5 Å². The van der Waals surface area contributed by atoms with Crippen molar-refractivity contribution < 1.29 is 23.8 Å². The minimum Gasteiger partial charge on any atom is -0.494 e. The molecule has 0 aliphatic rings. The summed E-state index contributed by atoms with van der Waals surface area (Å²) in [7, 11) is 1.34. The van der Waals surface area contributed by atoms with Gasteiger partial charge in [0.15, 0.2) is 0 Å². The van der Waals surface area contributed by atoms with Crippen molar-refractivity contribution in [1.29, 1.82) is 0 Å². The van der Waals surface area contributed by atoms with Crippen LogP contribution in [0, 0.1) is 0 Å². The highest BCUT2D eigenvalue weighted by atomic mass is 16.5. The first-order valence-electron chi connectivity index (χ1n) is 6.84. The predicted octanol–water partition coefficient (Wildman–Crippen LogP) is 2.17. The second-order valence-electron chi connectivity index (χ2n) is 4.41. The van der Waals surface area contributed by atoms with E-state index >= 15 is 0 Å². The molecule has 0 fully saturated rings. The van der Waals surface area contributed by atoms with E-state index in [-0.39, 0.29) is 18.0 Å². The minimum absolute atomic E-state index is 0.278. The molecule has 6 nitrogen and oxygen atoms in total. The second kappa shape index (κ2) is 8.84. The lowest BCUT2D eigenvalue weighted by Crippen LogP contribution is -2.10. The number of methoxy groups -OCH3 is 1. The number of esters is 2. The van der Waals surface area contributed by atoms with Gasteiger partial charge in [0, 0.05) is 12.1 Å². The van der Waals surface area contributed by atoms with Crippen LogP contribution in [0.25, 0.3) is 0 Å². The van der Waals surface area contributed by atoms with Crippen molar-refractivity contribution in [2.75, 3.05) is 26.1 Å². The van der Waals surface area contributed by atoms with Gasteiger partial charge in [0.2, 0.25) is 0 Å². The number of carbonyl (C=O) groups excluding carboxylic acids is 2. The molecular formula is C15H21NO5. The van der Waals surface area contributed by atoms with Crippen LogP contribution in [-0.2, 0) is 14.3 Å². The monoisotopic (exact) mass is 295 g/mol. The summed E-state index contributed by atoms with van der Waals surface area (Å²) in [6.07, 6.45) is 1.57. The molecule has 0 atom stereocenters. The van der Waals surface area contributed by atoms with Gasteiger partial charge in [0.05, 0.1) is 25.9 Å². The fourth-order valence-corrected chi connectivity index (χ4v) is 1.58. The van der Waals surface area contributed by atoms with Crippen molar-refractivity contribution in [3.8, 4) is 5.75 Å². The number of rotatable bonds is 8. The van der Waals surface area contributed by atoms with Crippen molar-refractivity contribution in [2.45, 2.75) is 26.2 Å². The largest absolute Gasteiger partial charge is 0.494 e. The summed E-state index contributed by atoms with van der Waals surface area (Å²) >= 11 is 0. The number of hydrogen-bond acceptors (Lipinski definition) is 6. The van der Waals surface area contributed by atoms with Gasteiger partial charge in [0.1, 0.15) is 5.75 Å². The SMILES string of the molecule is CCCOC(=O)c1cc(OCCCC(=O)OC)ccc1N. The van der Waals surface area contributed by atoms with E-state index in [0.717, 1.165) is 6.42 Å². The van der Waals surface area contributed by atoms with Crippen LogP contribution in [0.1, 0.15) is 36.5 Å². The van der Waals surface area contributed by atoms with E-state index in [9.17, 15) is 9.59 Å². The van der Waals surface area contributed by atoms with Crippen molar-refractivity contribution in [3.05, 3.63) is 23.8 Å². The molecule has 116 valence electrons. The number of benzene rings is 1. The lowest BCUT2D eigenvalue weighted by Gasteiger charge is -2.10. The maximum Gasteiger partial charge on any atom is 0.340 e. The van der Waals surface area contributed by atoms with Gasteiger partial charge in [-0.2, -0.15) is 0 Å². The van der Waals surface area contributed by atoms with Gasteiger partial charge in [-0.1, -0.05) is 6.92 Å². The molecule has 1 aromatic carbocycles. The fraction of sp³-hybridized carbons (Fsp3) is 0.467. The Balaban J connectivity index is 2.56. The topological polar surface area (TPSA) is 87.8 Å². The Kier molecular flexibility index (Phi) is 7.08. The van der Waals surface area contributed by atoms with E-state index in [1.165, 1.54) is 7.11 Å². The van der Waals surface area contributed by atoms with Gasteiger partial charge in [-0.25, -0.2) is 4.79 Å². The number of hydrogen-bond donors (Lipinski definition) is 1. The predicted molar refractivity (Wildman–Crippen MR) is 78.2 cm³/mol. The van der Waals surface area contributed by atoms with E-state index in [1.807, 2.05) is 6.92 Å². The zero-order valence-corrected chi connectivity index (χ0v) is 12.4. The highest BCUT2D eigenvalue weighted by Crippen LogP contribution is 2.21. The van der Waals surface area contributed by atoms with Gasteiger partial charge in [-0.05, 0) is 31.0 Å². The van der Waals surface area contributed by atoms with Crippen molar-refractivity contribution >= 4 is 17.6 Å². The van der Waals surface area contributed by atoms with E-state index < -0.39 is 5.97 Å². The zero-order chi connectivity index (χ0) is 15.7. The average Bonchev–Trinajstić information content (AvgIpc) is 2.50. The molecule has 1 rings (SSSR count). The van der Waals surface area contributed by atoms with Gasteiger partial charge in [-0.15, -0.1) is 0 Å². The summed E-state index contributed by atoms with van der Waals surface area (Å²) in [5.41, 5.74) is 6.39. The van der Waals surface area contributed by atoms with Crippen LogP contribution >= 0.6 is 0 Å². The molecule has 0 saturated heterocycles. The molecule has 2 N–H and O–H groups in total. The molecule has 0 bridgehead atoms. The van der Waals surface area contributed by atoms with E-state index in [2.05, 4.69) is 4.74 Å². The normalized spacial score (nSPS) is 10.0. The summed E-state index contributed by atoms with van der Waals surface area (Å²) in [6, 6.07) is 4.81. The molecule has 0 radical (unpaired) electrons. The maximum atomic E-state index is 11.8. The van der Waals surface area contributed by atoms with Crippen LogP contribution in [0.3, 0.4) is 0 Å². The Bertz CT molecular complexity index is 487. The summed E-state index contributed by atoms with van der Waals surface area (Å²) in [4.78, 5) is 22.8. The Labute approximate surface area is 124 Å². The first-order valence-corrected chi connectivity index (χ1v) is 6.84. The van der Waals surface area contributed by atoms with Gasteiger partial charge in [0.25, 0.3) is 0 Å². The summed E-state index contributed by atoms with van der Waals surface area (Å²) in [6.45, 7) is 2.61. The highest BCUT2D eigenvalue weighted by molar-refractivity contribution is 5.95. The van der Waals surface area contributed by atoms with Crippen molar-refractivity contribution in [1.82, 2.24) is 0 Å². The Morgan fingerprint density at radius 2 is 2.00 bits per heavy atom. The first kappa shape index (κ1) is 16.8. The van der Waals surface area contributed by atoms with Crippen LogP contribution in [0.5, 0.6) is 5.75 Å². The van der Waals surface area contributed by atoms with E-state index in [4.69, 9.17) is 15.2 Å². The lowest BCUT2D eigenvalue weighted by molar-refractivity contribution is -0.140. The van der Waals surface area contributed by atoms with Gasteiger partial charge in [-0.3, -0.25) is 4.79 Å². The Morgan fingerprint density at radius 1 is 1.24 bits per heavy atom. The molecule has 0 saturated carbocycles. The molecule has 6 heteroatoms. The van der Waals surface area contributed by atoms with Crippen LogP contribution in [0.2, 0.25) is 0 Å². The summed E-state index contributed by atoms with van der Waals surface area (Å²) in [5.74, 6) is -0.230. The lowest BCUT2D eigenvalue weighted by atomic mass is 10.1. The second-order valence-corrected chi connectivity index (χ2v) is 4.41. The number of nitrogens with two attached hydrogens (primary N) is 1. The molecule has 0 heterocycles. The van der Waals surface area contributed by atoms with Gasteiger partial charge < -0.3 is 19.9 Å². The van der Waals surface area contributed by atoms with Crippen LogP contribution in [-0.4, -0.2) is 32.3 Å². The third-order valence-electron chi connectivity index (χ3n) is 2.70. The summed E-state index contributed by atoms with van der Waals surface area (Å²) < 4.78 is 15.1. The molecule has 0 spiro atoms. The number of nitrogen functional groups attached to an aromatic ring is 1. The number of anilines is 1. The Morgan fingerprint density at radius 3 is 2.67 bits per heavy atom. The molecule has 0 unspecified atom stereocenters. The molecule has 1 aromatic rings. The fourth-order valence-electron chi connectivity index (χ4n) is 1.58. The molecular weight excluding hydrogens is 274 g/mol. The first-order chi connectivity index (χ1) is 10.1. The summed E-state index contributed by atoms with van der Waals surface area (Å²) in [5, 5.41) is 0. The van der Waals surface area contributed by atoms with E-state index in [1.54, 1.807) is 18.2 Å². The van der Waals surface area contributed by atoms with E-state index in [0.29, 0.717) is 31.1 Å². The molecule has 0 aliphatic carbocycles. The third-order valence-corrected chi connectivity index (χ3v) is 2.70. The standard InChI is InChI=1S/C15H21NO5/c1-3-8-21-15(18)12-10-11(6-7-13(12)16)20-9-4-5-14(17)19-2/h6-7,10H,3-5,8-9,16H2,1-2H3. The third kappa shape index (κ3) is 5.72. The van der Waals surface area contributed by atoms with Crippen LogP contribution in [0.4, 0.5) is 5.69 Å². The van der Waals surface area contributed by atoms with Gasteiger partial charge >= 0.3 is 11.9 Å². The maximum absolute atomic E-state index is 11.8. The molecule has 0 amide bonds. The van der Waals surface area contributed by atoms with Crippen molar-refractivity contribution in [2.24, 2.45) is 0 Å². The smallest absolute Gasteiger partial charge is 0.340 e.